The largest absolute Gasteiger partial charge is 0.494 e. The third kappa shape index (κ3) is 6.01. The standard InChI is InChI=1S/C24H32N2O5S/c1-5-30-22-13-19-12-17(4)31-23(19)14-20(22)15-25-24(27)10-11-26-32(28,29)21-8-6-18(7-9-21)16(2)3/h6-9,13-14,16-17,26H,5,10-12,15H2,1-4H3,(H,25,27). The summed E-state index contributed by atoms with van der Waals surface area (Å²) in [6, 6.07) is 10.7. The van der Waals surface area contributed by atoms with Crippen LogP contribution in [0.15, 0.2) is 41.3 Å². The summed E-state index contributed by atoms with van der Waals surface area (Å²) < 4.78 is 38.9. The maximum atomic E-state index is 12.5. The molecule has 0 bridgehead atoms. The maximum Gasteiger partial charge on any atom is 0.240 e. The number of nitrogens with one attached hydrogen (secondary N) is 2. The second kappa shape index (κ2) is 10.4. The molecule has 2 N–H and O–H groups in total. The minimum absolute atomic E-state index is 0.0171. The van der Waals surface area contributed by atoms with Crippen molar-refractivity contribution in [1.82, 2.24) is 10.0 Å². The van der Waals surface area contributed by atoms with Gasteiger partial charge in [-0.2, -0.15) is 0 Å². The molecule has 1 atom stereocenters. The molecule has 1 unspecified atom stereocenters. The van der Waals surface area contributed by atoms with Gasteiger partial charge < -0.3 is 14.8 Å². The van der Waals surface area contributed by atoms with E-state index in [0.717, 1.165) is 34.6 Å². The first-order valence-electron chi connectivity index (χ1n) is 11.0. The van der Waals surface area contributed by atoms with E-state index in [9.17, 15) is 13.2 Å². The predicted molar refractivity (Wildman–Crippen MR) is 124 cm³/mol. The summed E-state index contributed by atoms with van der Waals surface area (Å²) in [6.45, 7) is 8.85. The van der Waals surface area contributed by atoms with Crippen molar-refractivity contribution < 1.29 is 22.7 Å². The van der Waals surface area contributed by atoms with E-state index in [4.69, 9.17) is 9.47 Å². The van der Waals surface area contributed by atoms with Crippen LogP contribution in [0.2, 0.25) is 0 Å². The molecule has 0 aliphatic carbocycles. The molecule has 3 rings (SSSR count). The number of amides is 1. The van der Waals surface area contributed by atoms with Gasteiger partial charge in [0, 0.05) is 37.1 Å². The van der Waals surface area contributed by atoms with Gasteiger partial charge in [0.25, 0.3) is 0 Å². The highest BCUT2D eigenvalue weighted by Crippen LogP contribution is 2.35. The molecule has 174 valence electrons. The summed E-state index contributed by atoms with van der Waals surface area (Å²) in [5, 5.41) is 2.84. The van der Waals surface area contributed by atoms with Crippen LogP contribution in [0, 0.1) is 0 Å². The molecule has 0 aromatic heterocycles. The summed E-state index contributed by atoms with van der Waals surface area (Å²) in [7, 11) is -3.66. The molecule has 1 amide bonds. The molecular formula is C24H32N2O5S. The third-order valence-corrected chi connectivity index (χ3v) is 6.83. The number of carbonyl (C=O) groups excluding carboxylic acids is 1. The lowest BCUT2D eigenvalue weighted by Gasteiger charge is -2.13. The Morgan fingerprint density at radius 1 is 1.22 bits per heavy atom. The number of fused-ring (bicyclic) bond motifs is 1. The van der Waals surface area contributed by atoms with Gasteiger partial charge in [-0.1, -0.05) is 26.0 Å². The zero-order valence-electron chi connectivity index (χ0n) is 19.1. The molecule has 1 aliphatic heterocycles. The van der Waals surface area contributed by atoms with Crippen LogP contribution >= 0.6 is 0 Å². The van der Waals surface area contributed by atoms with Crippen LogP contribution in [0.5, 0.6) is 11.5 Å². The number of carbonyl (C=O) groups is 1. The van der Waals surface area contributed by atoms with Crippen LogP contribution in [0.1, 0.15) is 56.7 Å². The Kier molecular flexibility index (Phi) is 7.79. The van der Waals surface area contributed by atoms with Crippen molar-refractivity contribution in [2.45, 2.75) is 64.0 Å². The van der Waals surface area contributed by atoms with E-state index < -0.39 is 10.0 Å². The van der Waals surface area contributed by atoms with Gasteiger partial charge >= 0.3 is 0 Å². The average Bonchev–Trinajstić information content (AvgIpc) is 3.11. The van der Waals surface area contributed by atoms with Gasteiger partial charge in [0.1, 0.15) is 17.6 Å². The van der Waals surface area contributed by atoms with Crippen molar-refractivity contribution in [3.63, 3.8) is 0 Å². The first kappa shape index (κ1) is 24.1. The normalized spacial score (nSPS) is 15.3. The lowest BCUT2D eigenvalue weighted by molar-refractivity contribution is -0.121. The van der Waals surface area contributed by atoms with Crippen molar-refractivity contribution in [1.29, 1.82) is 0 Å². The van der Waals surface area contributed by atoms with Gasteiger partial charge in [0.15, 0.2) is 0 Å². The fourth-order valence-electron chi connectivity index (χ4n) is 3.61. The Morgan fingerprint density at radius 3 is 2.59 bits per heavy atom. The van der Waals surface area contributed by atoms with Crippen LogP contribution in [0.4, 0.5) is 0 Å². The van der Waals surface area contributed by atoms with Crippen molar-refractivity contribution in [2.24, 2.45) is 0 Å². The van der Waals surface area contributed by atoms with E-state index in [-0.39, 0.29) is 36.4 Å². The quantitative estimate of drug-likeness (QED) is 0.566. The highest BCUT2D eigenvalue weighted by Gasteiger charge is 2.22. The molecule has 1 aliphatic rings. The summed E-state index contributed by atoms with van der Waals surface area (Å²) in [5.41, 5.74) is 3.01. The summed E-state index contributed by atoms with van der Waals surface area (Å²) in [6.07, 6.45) is 0.993. The molecule has 8 heteroatoms. The number of rotatable bonds is 10. The molecule has 0 radical (unpaired) electrons. The van der Waals surface area contributed by atoms with Crippen LogP contribution in [0.3, 0.4) is 0 Å². The van der Waals surface area contributed by atoms with E-state index in [1.165, 1.54) is 0 Å². The Bertz CT molecular complexity index is 1050. The molecule has 7 nitrogen and oxygen atoms in total. The Balaban J connectivity index is 1.53. The van der Waals surface area contributed by atoms with E-state index in [1.54, 1.807) is 12.1 Å². The van der Waals surface area contributed by atoms with E-state index >= 15 is 0 Å². The average molecular weight is 461 g/mol. The Labute approximate surface area is 190 Å². The minimum atomic E-state index is -3.66. The number of benzene rings is 2. The smallest absolute Gasteiger partial charge is 0.240 e. The molecule has 0 saturated heterocycles. The van der Waals surface area contributed by atoms with Gasteiger partial charge in [0.2, 0.25) is 15.9 Å². The SMILES string of the molecule is CCOc1cc2c(cc1CNC(=O)CCNS(=O)(=O)c1ccc(C(C)C)cc1)OC(C)C2. The van der Waals surface area contributed by atoms with Gasteiger partial charge in [-0.25, -0.2) is 13.1 Å². The van der Waals surface area contributed by atoms with Gasteiger partial charge in [0.05, 0.1) is 11.5 Å². The Morgan fingerprint density at radius 2 is 1.94 bits per heavy atom. The maximum absolute atomic E-state index is 12.5. The number of sulfonamides is 1. The van der Waals surface area contributed by atoms with Crippen molar-refractivity contribution in [3.8, 4) is 11.5 Å². The molecule has 2 aromatic carbocycles. The molecule has 1 heterocycles. The number of ether oxygens (including phenoxy) is 2. The minimum Gasteiger partial charge on any atom is -0.494 e. The monoisotopic (exact) mass is 460 g/mol. The zero-order chi connectivity index (χ0) is 23.3. The fraction of sp³-hybridized carbons (Fsp3) is 0.458. The van der Waals surface area contributed by atoms with Gasteiger partial charge in [-0.05, 0) is 49.6 Å². The third-order valence-electron chi connectivity index (χ3n) is 5.36. The van der Waals surface area contributed by atoms with E-state index in [0.29, 0.717) is 12.5 Å². The highest BCUT2D eigenvalue weighted by molar-refractivity contribution is 7.89. The van der Waals surface area contributed by atoms with E-state index in [1.807, 2.05) is 52.0 Å². The molecule has 0 fully saturated rings. The summed E-state index contributed by atoms with van der Waals surface area (Å²) in [5.74, 6) is 1.63. The first-order valence-corrected chi connectivity index (χ1v) is 12.5. The second-order valence-electron chi connectivity index (χ2n) is 8.28. The van der Waals surface area contributed by atoms with Gasteiger partial charge in [-0.15, -0.1) is 0 Å². The van der Waals surface area contributed by atoms with E-state index in [2.05, 4.69) is 10.0 Å². The van der Waals surface area contributed by atoms with Crippen LogP contribution in [-0.4, -0.2) is 33.6 Å². The zero-order valence-corrected chi connectivity index (χ0v) is 19.9. The predicted octanol–water partition coefficient (Wildman–Crippen LogP) is 3.52. The number of hydrogen-bond acceptors (Lipinski definition) is 5. The highest BCUT2D eigenvalue weighted by atomic mass is 32.2. The van der Waals surface area contributed by atoms with Crippen LogP contribution < -0.4 is 19.5 Å². The lowest BCUT2D eigenvalue weighted by Crippen LogP contribution is -2.30. The van der Waals surface area contributed by atoms with Crippen molar-refractivity contribution in [3.05, 3.63) is 53.1 Å². The molecule has 0 spiro atoms. The number of hydrogen-bond donors (Lipinski definition) is 2. The summed E-state index contributed by atoms with van der Waals surface area (Å²) in [4.78, 5) is 12.5. The lowest BCUT2D eigenvalue weighted by atomic mass is 10.0. The topological polar surface area (TPSA) is 93.7 Å². The Hall–Kier alpha value is -2.58. The van der Waals surface area contributed by atoms with Gasteiger partial charge in [-0.3, -0.25) is 4.79 Å². The molecule has 32 heavy (non-hydrogen) atoms. The van der Waals surface area contributed by atoms with Crippen molar-refractivity contribution in [2.75, 3.05) is 13.2 Å². The molecular weight excluding hydrogens is 428 g/mol. The summed E-state index contributed by atoms with van der Waals surface area (Å²) >= 11 is 0. The van der Waals surface area contributed by atoms with Crippen LogP contribution in [0.25, 0.3) is 0 Å². The molecule has 2 aromatic rings. The van der Waals surface area contributed by atoms with Crippen LogP contribution in [-0.2, 0) is 27.8 Å². The molecule has 0 saturated carbocycles. The van der Waals surface area contributed by atoms with Crippen molar-refractivity contribution >= 4 is 15.9 Å². The fourth-order valence-corrected chi connectivity index (χ4v) is 4.64. The second-order valence-corrected chi connectivity index (χ2v) is 10.0. The first-order chi connectivity index (χ1) is 15.2.